The Morgan fingerprint density at radius 3 is 2.24 bits per heavy atom. The number of rotatable bonds is 8. The summed E-state index contributed by atoms with van der Waals surface area (Å²) < 4.78 is 20.1. The summed E-state index contributed by atoms with van der Waals surface area (Å²) in [5.41, 5.74) is 3.16. The second kappa shape index (κ2) is 13.7. The van der Waals surface area contributed by atoms with Crippen LogP contribution in [0, 0.1) is 0 Å². The van der Waals surface area contributed by atoms with E-state index in [0.29, 0.717) is 78.6 Å². The second-order valence-corrected chi connectivity index (χ2v) is 11.3. The summed E-state index contributed by atoms with van der Waals surface area (Å²) in [4.78, 5) is 44.4. The number of benzene rings is 2. The summed E-state index contributed by atoms with van der Waals surface area (Å²) in [6, 6.07) is 10.3. The molecule has 46 heavy (non-hydrogen) atoms. The molecule has 1 saturated heterocycles. The number of ketones is 1. The predicted octanol–water partition coefficient (Wildman–Crippen LogP) is 4.64. The van der Waals surface area contributed by atoms with Gasteiger partial charge in [0.1, 0.15) is 22.8 Å². The summed E-state index contributed by atoms with van der Waals surface area (Å²) in [6.07, 6.45) is 7.67. The number of carbonyl (C=O) groups is 3. The molecule has 0 aliphatic carbocycles. The number of pyridine rings is 1. The van der Waals surface area contributed by atoms with E-state index >= 15 is 0 Å². The van der Waals surface area contributed by atoms with Gasteiger partial charge in [-0.15, -0.1) is 0 Å². The number of hydrogen-bond acceptors (Lipinski definition) is 8. The van der Waals surface area contributed by atoms with E-state index in [0.717, 1.165) is 11.1 Å². The Balaban J connectivity index is 0.00000417. The van der Waals surface area contributed by atoms with Gasteiger partial charge in [0, 0.05) is 68.3 Å². The number of piperidine rings is 1. The molecule has 11 nitrogen and oxygen atoms in total. The van der Waals surface area contributed by atoms with Crippen LogP contribution in [0.3, 0.4) is 0 Å². The van der Waals surface area contributed by atoms with Crippen molar-refractivity contribution in [3.63, 3.8) is 0 Å². The van der Waals surface area contributed by atoms with Gasteiger partial charge in [0.15, 0.2) is 5.78 Å². The van der Waals surface area contributed by atoms with Crippen LogP contribution < -0.4 is 14.2 Å². The number of amides is 1. The van der Waals surface area contributed by atoms with Crippen LogP contribution in [0.25, 0.3) is 22.3 Å². The van der Waals surface area contributed by atoms with E-state index in [1.54, 1.807) is 52.3 Å². The molecule has 1 amide bonds. The van der Waals surface area contributed by atoms with Gasteiger partial charge in [0.2, 0.25) is 0 Å². The minimum absolute atomic E-state index is 0. The van der Waals surface area contributed by atoms with Crippen LogP contribution in [0.5, 0.6) is 17.2 Å². The summed E-state index contributed by atoms with van der Waals surface area (Å²) >= 11 is 0. The molecule has 12 heteroatoms. The Kier molecular flexibility index (Phi) is 9.85. The van der Waals surface area contributed by atoms with Gasteiger partial charge in [-0.3, -0.25) is 19.3 Å². The van der Waals surface area contributed by atoms with Crippen molar-refractivity contribution in [1.82, 2.24) is 19.7 Å². The maximum atomic E-state index is 13.8. The molecule has 4 aromatic rings. The number of nitrogens with zero attached hydrogens (tertiary/aromatic N) is 4. The molecule has 1 fully saturated rings. The summed E-state index contributed by atoms with van der Waals surface area (Å²) in [7, 11) is 1.84. The molecule has 1 spiro atoms. The zero-order valence-corrected chi connectivity index (χ0v) is 25.4. The number of ether oxygens (including phenoxy) is 3. The molecule has 0 radical (unpaired) electrons. The van der Waals surface area contributed by atoms with Crippen molar-refractivity contribution >= 4 is 47.2 Å². The first-order valence-corrected chi connectivity index (χ1v) is 15.0. The third-order valence-electron chi connectivity index (χ3n) is 8.28. The average molecular weight is 635 g/mol. The molecule has 6 rings (SSSR count). The number of carboxylic acids is 1. The molecule has 2 aromatic heterocycles. The van der Waals surface area contributed by atoms with E-state index in [-0.39, 0.29) is 53.2 Å². The molecule has 0 unspecified atom stereocenters. The molecule has 2 aromatic carbocycles. The molecule has 1 N–H and O–H groups in total. The molecular weight excluding hydrogens is 599 g/mol. The zero-order valence-electron chi connectivity index (χ0n) is 25.4. The molecule has 2 aliphatic heterocycles. The van der Waals surface area contributed by atoms with Crippen molar-refractivity contribution in [2.45, 2.75) is 38.7 Å². The van der Waals surface area contributed by atoms with Crippen LogP contribution >= 0.6 is 0 Å². The van der Waals surface area contributed by atoms with Crippen LogP contribution in [0.4, 0.5) is 0 Å². The Bertz CT molecular complexity index is 1770. The van der Waals surface area contributed by atoms with Gasteiger partial charge in [-0.25, -0.2) is 4.79 Å². The topological polar surface area (TPSA) is 133 Å². The van der Waals surface area contributed by atoms with Crippen LogP contribution in [0.2, 0.25) is 0 Å². The van der Waals surface area contributed by atoms with Gasteiger partial charge in [0.05, 0.1) is 42.5 Å². The van der Waals surface area contributed by atoms with Gasteiger partial charge >= 0.3 is 35.5 Å². The van der Waals surface area contributed by atoms with Gasteiger partial charge in [-0.2, -0.15) is 5.10 Å². The molecular formula is C34H35N4NaO7. The van der Waals surface area contributed by atoms with Crippen molar-refractivity contribution in [3.05, 3.63) is 77.9 Å². The Morgan fingerprint density at radius 1 is 0.935 bits per heavy atom. The Labute approximate surface area is 288 Å². The summed E-state index contributed by atoms with van der Waals surface area (Å²) in [5, 5.41) is 13.6. The van der Waals surface area contributed by atoms with E-state index in [4.69, 9.17) is 14.2 Å². The number of aromatic carboxylic acids is 1. The number of fused-ring (bicyclic) bond motifs is 1. The fourth-order valence-corrected chi connectivity index (χ4v) is 6.05. The van der Waals surface area contributed by atoms with E-state index < -0.39 is 11.6 Å². The summed E-state index contributed by atoms with van der Waals surface area (Å²) in [6.45, 7) is 5.47. The van der Waals surface area contributed by atoms with Crippen LogP contribution in [0.15, 0.2) is 61.2 Å². The summed E-state index contributed by atoms with van der Waals surface area (Å²) in [5.74, 6) is 0.334. The number of carbonyl (C=O) groups excluding carboxylic acids is 2. The molecule has 0 bridgehead atoms. The van der Waals surface area contributed by atoms with E-state index in [1.165, 1.54) is 12.3 Å². The first-order chi connectivity index (χ1) is 21.7. The predicted molar refractivity (Wildman–Crippen MR) is 172 cm³/mol. The molecule has 0 atom stereocenters. The monoisotopic (exact) mass is 634 g/mol. The fraction of sp³-hybridized carbons (Fsp3) is 0.324. The van der Waals surface area contributed by atoms with Crippen LogP contribution in [-0.2, 0) is 7.05 Å². The van der Waals surface area contributed by atoms with E-state index in [2.05, 4.69) is 10.1 Å². The molecule has 2 aliphatic rings. The van der Waals surface area contributed by atoms with Crippen molar-refractivity contribution in [1.29, 1.82) is 0 Å². The zero-order chi connectivity index (χ0) is 31.7. The van der Waals surface area contributed by atoms with Crippen LogP contribution in [-0.4, -0.2) is 104 Å². The quantitative estimate of drug-likeness (QED) is 0.275. The van der Waals surface area contributed by atoms with Crippen molar-refractivity contribution < 1.29 is 33.7 Å². The second-order valence-electron chi connectivity index (χ2n) is 11.3. The van der Waals surface area contributed by atoms with Gasteiger partial charge in [-0.1, -0.05) is 6.07 Å². The minimum atomic E-state index is -1.07. The fourth-order valence-electron chi connectivity index (χ4n) is 6.05. The number of carboxylic acid groups (broad SMARTS) is 1. The van der Waals surface area contributed by atoms with Crippen molar-refractivity contribution in [2.75, 3.05) is 26.3 Å². The number of aryl methyl sites for hydroxylation is 1. The number of likely N-dealkylation sites (tertiary alicyclic amines) is 1. The first-order valence-electron chi connectivity index (χ1n) is 15.0. The van der Waals surface area contributed by atoms with E-state index in [9.17, 15) is 19.5 Å². The van der Waals surface area contributed by atoms with E-state index in [1.807, 2.05) is 27.1 Å². The Morgan fingerprint density at radius 2 is 1.63 bits per heavy atom. The maximum absolute atomic E-state index is 13.8. The molecule has 4 heterocycles. The van der Waals surface area contributed by atoms with Gasteiger partial charge in [0.25, 0.3) is 5.91 Å². The molecule has 234 valence electrons. The van der Waals surface area contributed by atoms with Crippen molar-refractivity contribution in [2.24, 2.45) is 7.05 Å². The normalized spacial score (nSPS) is 15.0. The van der Waals surface area contributed by atoms with Crippen molar-refractivity contribution in [3.8, 4) is 39.5 Å². The number of aromatic nitrogens is 3. The SMILES string of the molecule is CCOc1cc(C(=O)N2CCC3(CC2)CC(=O)c2cc(-c4cncc(C(=O)O)c4)ccc2O3)cc(OCC)c1-c1cnn(C)c1.[NaH]. The Hall–Kier alpha value is -4.19. The first kappa shape index (κ1) is 33.2. The third kappa shape index (κ3) is 6.53. The van der Waals surface area contributed by atoms with Gasteiger partial charge < -0.3 is 24.2 Å². The standard InChI is InChI=1S/C34H34N4O7.Na.H/c1-4-43-29-14-22(15-30(44-5-2)31(29)25-19-36-37(3)20-25)32(40)38-10-8-34(9-11-38)16-27(39)26-13-21(6-7-28(26)45-34)23-12-24(33(41)42)18-35-17-23;;/h6-7,12-15,17-20H,4-5,8-11,16H2,1-3H3,(H,41,42);;. The van der Waals surface area contributed by atoms with Crippen LogP contribution in [0.1, 0.15) is 64.2 Å². The third-order valence-corrected chi connectivity index (χ3v) is 8.28. The average Bonchev–Trinajstić information content (AvgIpc) is 3.46. The molecule has 0 saturated carbocycles. The van der Waals surface area contributed by atoms with Gasteiger partial charge in [-0.05, 0) is 49.7 Å². The number of hydrogen-bond donors (Lipinski definition) is 1. The number of Topliss-reactive ketones (excluding diaryl/α,β-unsaturated/α-hetero) is 1.